The molecule has 0 heterocycles. The summed E-state index contributed by atoms with van der Waals surface area (Å²) in [4.78, 5) is 27.0. The molecule has 1 aromatic carbocycles. The average Bonchev–Trinajstić information content (AvgIpc) is 2.63. The number of nitrogens with two attached hydrogens (primary N) is 1. The zero-order valence-electron chi connectivity index (χ0n) is 17.7. The predicted molar refractivity (Wildman–Crippen MR) is 113 cm³/mol. The van der Waals surface area contributed by atoms with Crippen LogP contribution in [-0.2, 0) is 16.1 Å². The van der Waals surface area contributed by atoms with Crippen molar-refractivity contribution < 1.29 is 19.1 Å². The molecule has 0 radical (unpaired) electrons. The van der Waals surface area contributed by atoms with Crippen molar-refractivity contribution in [1.29, 1.82) is 0 Å². The second-order valence-electron chi connectivity index (χ2n) is 7.31. The fourth-order valence-corrected chi connectivity index (χ4v) is 2.20. The number of aliphatic imine (C=N–C) groups is 1. The summed E-state index contributed by atoms with van der Waals surface area (Å²) in [5, 5.41) is 9.12. The Hall–Kier alpha value is -2.97. The van der Waals surface area contributed by atoms with Gasteiger partial charge in [0.15, 0.2) is 12.6 Å². The van der Waals surface area contributed by atoms with Crippen LogP contribution in [0.5, 0.6) is 5.75 Å². The molecule has 9 heteroatoms. The normalized spacial score (nSPS) is 11.5. The van der Waals surface area contributed by atoms with Gasteiger partial charge >= 0.3 is 6.09 Å². The SMILES string of the molecule is CCNC(=NCc1cccc(OCC(N)=O)c1)NCCCNC(=O)OC(C)(C)C. The Bertz CT molecular complexity index is 686. The van der Waals surface area contributed by atoms with E-state index in [4.69, 9.17) is 15.2 Å². The Balaban J connectivity index is 2.44. The lowest BCUT2D eigenvalue weighted by molar-refractivity contribution is -0.119. The number of primary amides is 1. The molecular formula is C20H33N5O4. The number of hydrogen-bond acceptors (Lipinski definition) is 5. The summed E-state index contributed by atoms with van der Waals surface area (Å²) in [6, 6.07) is 7.34. The van der Waals surface area contributed by atoms with Crippen LogP contribution in [0.3, 0.4) is 0 Å². The van der Waals surface area contributed by atoms with Crippen LogP contribution in [0.1, 0.15) is 39.7 Å². The fourth-order valence-electron chi connectivity index (χ4n) is 2.20. The molecule has 1 aromatic rings. The minimum atomic E-state index is -0.520. The summed E-state index contributed by atoms with van der Waals surface area (Å²) in [6.45, 7) is 9.62. The van der Waals surface area contributed by atoms with Gasteiger partial charge in [-0.05, 0) is 51.8 Å². The van der Waals surface area contributed by atoms with Gasteiger partial charge in [0.1, 0.15) is 11.4 Å². The van der Waals surface area contributed by atoms with E-state index in [1.54, 1.807) is 6.07 Å². The Kier molecular flexibility index (Phi) is 10.4. The third kappa shape index (κ3) is 12.2. The number of ether oxygens (including phenoxy) is 2. The monoisotopic (exact) mass is 407 g/mol. The molecule has 0 atom stereocenters. The van der Waals surface area contributed by atoms with Crippen molar-refractivity contribution in [2.75, 3.05) is 26.2 Å². The van der Waals surface area contributed by atoms with E-state index in [0.29, 0.717) is 31.3 Å². The van der Waals surface area contributed by atoms with Crippen molar-refractivity contribution in [2.24, 2.45) is 10.7 Å². The van der Waals surface area contributed by atoms with Crippen LogP contribution in [0.4, 0.5) is 4.79 Å². The maximum absolute atomic E-state index is 11.6. The highest BCUT2D eigenvalue weighted by Crippen LogP contribution is 2.14. The highest BCUT2D eigenvalue weighted by molar-refractivity contribution is 5.79. The molecule has 0 spiro atoms. The molecule has 0 unspecified atom stereocenters. The summed E-state index contributed by atoms with van der Waals surface area (Å²) < 4.78 is 10.5. The first-order chi connectivity index (χ1) is 13.7. The summed E-state index contributed by atoms with van der Waals surface area (Å²) in [5.74, 6) is 0.726. The van der Waals surface area contributed by atoms with E-state index in [2.05, 4.69) is 20.9 Å². The first-order valence-corrected chi connectivity index (χ1v) is 9.68. The smallest absolute Gasteiger partial charge is 0.407 e. The molecule has 0 aliphatic carbocycles. The predicted octanol–water partition coefficient (Wildman–Crippen LogP) is 1.52. The highest BCUT2D eigenvalue weighted by Gasteiger charge is 2.15. The molecule has 1 rings (SSSR count). The van der Waals surface area contributed by atoms with Gasteiger partial charge < -0.3 is 31.2 Å². The van der Waals surface area contributed by atoms with E-state index >= 15 is 0 Å². The molecule has 29 heavy (non-hydrogen) atoms. The second kappa shape index (κ2) is 12.5. The summed E-state index contributed by atoms with van der Waals surface area (Å²) in [7, 11) is 0. The van der Waals surface area contributed by atoms with Crippen molar-refractivity contribution in [3.05, 3.63) is 29.8 Å². The Morgan fingerprint density at radius 2 is 1.86 bits per heavy atom. The maximum Gasteiger partial charge on any atom is 0.407 e. The number of carbonyl (C=O) groups is 2. The van der Waals surface area contributed by atoms with Crippen LogP contribution >= 0.6 is 0 Å². The minimum absolute atomic E-state index is 0.158. The Morgan fingerprint density at radius 3 is 2.52 bits per heavy atom. The van der Waals surface area contributed by atoms with E-state index in [0.717, 1.165) is 18.5 Å². The first kappa shape index (κ1) is 24.1. The van der Waals surface area contributed by atoms with Gasteiger partial charge in [-0.3, -0.25) is 4.79 Å². The van der Waals surface area contributed by atoms with Crippen molar-refractivity contribution >= 4 is 18.0 Å². The highest BCUT2D eigenvalue weighted by atomic mass is 16.6. The topological polar surface area (TPSA) is 127 Å². The van der Waals surface area contributed by atoms with Crippen molar-refractivity contribution in [3.8, 4) is 5.75 Å². The number of nitrogens with zero attached hydrogens (tertiary/aromatic N) is 1. The number of rotatable bonds is 10. The van der Waals surface area contributed by atoms with E-state index in [1.807, 2.05) is 45.9 Å². The molecule has 0 bridgehead atoms. The van der Waals surface area contributed by atoms with Crippen LogP contribution in [-0.4, -0.2) is 49.8 Å². The lowest BCUT2D eigenvalue weighted by Gasteiger charge is -2.19. The third-order valence-corrected chi connectivity index (χ3v) is 3.36. The van der Waals surface area contributed by atoms with Crippen molar-refractivity contribution in [1.82, 2.24) is 16.0 Å². The lowest BCUT2D eigenvalue weighted by atomic mass is 10.2. The van der Waals surface area contributed by atoms with E-state index in [-0.39, 0.29) is 6.61 Å². The zero-order chi connectivity index (χ0) is 21.7. The maximum atomic E-state index is 11.6. The summed E-state index contributed by atoms with van der Waals surface area (Å²) in [5.41, 5.74) is 5.52. The van der Waals surface area contributed by atoms with Gasteiger partial charge in [-0.1, -0.05) is 12.1 Å². The fraction of sp³-hybridized carbons (Fsp3) is 0.550. The second-order valence-corrected chi connectivity index (χ2v) is 7.31. The minimum Gasteiger partial charge on any atom is -0.484 e. The molecule has 162 valence electrons. The Labute approximate surface area is 172 Å². The molecule has 0 saturated carbocycles. The molecule has 9 nitrogen and oxygen atoms in total. The zero-order valence-corrected chi connectivity index (χ0v) is 17.7. The Morgan fingerprint density at radius 1 is 1.14 bits per heavy atom. The quantitative estimate of drug-likeness (QED) is 0.265. The average molecular weight is 408 g/mol. The summed E-state index contributed by atoms with van der Waals surface area (Å²) in [6.07, 6.45) is 0.302. The van der Waals surface area contributed by atoms with Crippen LogP contribution in [0, 0.1) is 0 Å². The van der Waals surface area contributed by atoms with Crippen LogP contribution in [0.25, 0.3) is 0 Å². The number of carbonyl (C=O) groups excluding carboxylic acids is 2. The van der Waals surface area contributed by atoms with Gasteiger partial charge in [0.25, 0.3) is 5.91 Å². The number of guanidine groups is 1. The molecule has 0 fully saturated rings. The van der Waals surface area contributed by atoms with Gasteiger partial charge in [0.05, 0.1) is 6.54 Å². The number of amides is 2. The molecule has 5 N–H and O–H groups in total. The first-order valence-electron chi connectivity index (χ1n) is 9.68. The molecule has 0 aromatic heterocycles. The molecular weight excluding hydrogens is 374 g/mol. The summed E-state index contributed by atoms with van der Waals surface area (Å²) >= 11 is 0. The number of alkyl carbamates (subject to hydrolysis) is 1. The number of hydrogen-bond donors (Lipinski definition) is 4. The van der Waals surface area contributed by atoms with E-state index < -0.39 is 17.6 Å². The number of nitrogens with one attached hydrogen (secondary N) is 3. The number of benzene rings is 1. The molecule has 0 aliphatic rings. The largest absolute Gasteiger partial charge is 0.484 e. The van der Waals surface area contributed by atoms with Crippen LogP contribution in [0.2, 0.25) is 0 Å². The van der Waals surface area contributed by atoms with Gasteiger partial charge in [0.2, 0.25) is 0 Å². The van der Waals surface area contributed by atoms with Gasteiger partial charge in [0, 0.05) is 19.6 Å². The molecule has 2 amide bonds. The molecule has 0 saturated heterocycles. The van der Waals surface area contributed by atoms with Crippen LogP contribution < -0.4 is 26.4 Å². The third-order valence-electron chi connectivity index (χ3n) is 3.36. The van der Waals surface area contributed by atoms with Gasteiger partial charge in [-0.15, -0.1) is 0 Å². The van der Waals surface area contributed by atoms with E-state index in [9.17, 15) is 9.59 Å². The van der Waals surface area contributed by atoms with Crippen molar-refractivity contribution in [3.63, 3.8) is 0 Å². The van der Waals surface area contributed by atoms with Crippen LogP contribution in [0.15, 0.2) is 29.3 Å². The standard InChI is InChI=1S/C20H33N5O4/c1-5-22-18(23-10-7-11-24-19(27)29-20(2,3)4)25-13-15-8-6-9-16(12-15)28-14-17(21)26/h6,8-9,12H,5,7,10-11,13-14H2,1-4H3,(H2,21,26)(H,24,27)(H2,22,23,25). The van der Waals surface area contributed by atoms with Gasteiger partial charge in [-0.2, -0.15) is 0 Å². The van der Waals surface area contributed by atoms with Crippen molar-refractivity contribution in [2.45, 2.75) is 46.3 Å². The van der Waals surface area contributed by atoms with E-state index in [1.165, 1.54) is 0 Å². The lowest BCUT2D eigenvalue weighted by Crippen LogP contribution is -2.39. The molecule has 0 aliphatic heterocycles. The van der Waals surface area contributed by atoms with Gasteiger partial charge in [-0.25, -0.2) is 9.79 Å².